The summed E-state index contributed by atoms with van der Waals surface area (Å²) in [5.74, 6) is -0.00384. The second kappa shape index (κ2) is 8.36. The summed E-state index contributed by atoms with van der Waals surface area (Å²) in [6.45, 7) is 4.05. The molecular formula is C26H24ClN3O2S. The van der Waals surface area contributed by atoms with Crippen LogP contribution in [0.1, 0.15) is 31.0 Å². The highest BCUT2D eigenvalue weighted by Gasteiger charge is 2.59. The molecular weight excluding hydrogens is 454 g/mol. The van der Waals surface area contributed by atoms with Crippen molar-refractivity contribution < 1.29 is 9.53 Å². The quantitative estimate of drug-likeness (QED) is 0.472. The van der Waals surface area contributed by atoms with E-state index in [1.165, 1.54) is 5.56 Å². The minimum absolute atomic E-state index is 0.162. The summed E-state index contributed by atoms with van der Waals surface area (Å²) in [7, 11) is 0. The minimum Gasteiger partial charge on any atom is -0.467 e. The molecule has 0 radical (unpaired) electrons. The first-order valence-corrected chi connectivity index (χ1v) is 11.7. The summed E-state index contributed by atoms with van der Waals surface area (Å²) >= 11 is 11.8. The summed E-state index contributed by atoms with van der Waals surface area (Å²) in [4.78, 5) is 15.6. The number of fused-ring (bicyclic) bond motifs is 4. The van der Waals surface area contributed by atoms with Crippen molar-refractivity contribution in [2.75, 3.05) is 10.2 Å². The van der Waals surface area contributed by atoms with Gasteiger partial charge in [0.15, 0.2) is 10.8 Å². The van der Waals surface area contributed by atoms with Crippen molar-refractivity contribution >= 4 is 46.2 Å². The minimum atomic E-state index is -1.04. The molecule has 0 aliphatic carbocycles. The van der Waals surface area contributed by atoms with Crippen LogP contribution < -0.4 is 20.3 Å². The van der Waals surface area contributed by atoms with Crippen LogP contribution in [0.5, 0.6) is 5.75 Å². The number of rotatable bonds is 4. The topological polar surface area (TPSA) is 53.6 Å². The van der Waals surface area contributed by atoms with E-state index in [4.69, 9.17) is 28.6 Å². The lowest BCUT2D eigenvalue weighted by atomic mass is 9.78. The van der Waals surface area contributed by atoms with Crippen molar-refractivity contribution in [3.63, 3.8) is 0 Å². The summed E-state index contributed by atoms with van der Waals surface area (Å²) in [5, 5.41) is 7.61. The van der Waals surface area contributed by atoms with Gasteiger partial charge < -0.3 is 15.4 Å². The number of amides is 1. The first kappa shape index (κ1) is 21.7. The van der Waals surface area contributed by atoms with Crippen molar-refractivity contribution in [1.82, 2.24) is 5.32 Å². The van der Waals surface area contributed by atoms with E-state index < -0.39 is 11.6 Å². The second-order valence-electron chi connectivity index (χ2n) is 8.45. The monoisotopic (exact) mass is 477 g/mol. The molecule has 2 heterocycles. The third-order valence-corrected chi connectivity index (χ3v) is 6.96. The Hall–Kier alpha value is -3.09. The van der Waals surface area contributed by atoms with Gasteiger partial charge in [0.2, 0.25) is 5.91 Å². The van der Waals surface area contributed by atoms with E-state index in [0.717, 1.165) is 23.4 Å². The normalized spacial score (nSPS) is 23.2. The van der Waals surface area contributed by atoms with Crippen molar-refractivity contribution in [2.24, 2.45) is 5.92 Å². The van der Waals surface area contributed by atoms with Gasteiger partial charge in [-0.3, -0.25) is 9.69 Å². The number of hydrogen-bond donors (Lipinski definition) is 2. The first-order valence-electron chi connectivity index (χ1n) is 10.9. The zero-order valence-electron chi connectivity index (χ0n) is 18.3. The fourth-order valence-electron chi connectivity index (χ4n) is 4.75. The number of ether oxygens (including phenoxy) is 1. The molecule has 0 spiro atoms. The predicted octanol–water partition coefficient (Wildman–Crippen LogP) is 5.70. The maximum absolute atomic E-state index is 13.7. The molecule has 2 N–H and O–H groups in total. The Kier molecular flexibility index (Phi) is 5.51. The molecule has 1 fully saturated rings. The maximum atomic E-state index is 13.7. The molecule has 7 heteroatoms. The van der Waals surface area contributed by atoms with Crippen LogP contribution >= 0.6 is 23.8 Å². The van der Waals surface area contributed by atoms with E-state index in [2.05, 4.69) is 29.7 Å². The molecule has 3 atom stereocenters. The highest BCUT2D eigenvalue weighted by molar-refractivity contribution is 7.80. The van der Waals surface area contributed by atoms with E-state index in [-0.39, 0.29) is 11.9 Å². The van der Waals surface area contributed by atoms with E-state index in [1.807, 2.05) is 48.2 Å². The van der Waals surface area contributed by atoms with Gasteiger partial charge in [-0.2, -0.15) is 0 Å². The number of carbonyl (C=O) groups is 1. The van der Waals surface area contributed by atoms with Gasteiger partial charge in [-0.25, -0.2) is 0 Å². The molecule has 168 valence electrons. The Morgan fingerprint density at radius 2 is 1.82 bits per heavy atom. The molecule has 0 aromatic heterocycles. The number of benzene rings is 3. The van der Waals surface area contributed by atoms with E-state index in [1.54, 1.807) is 24.3 Å². The highest BCUT2D eigenvalue weighted by Crippen LogP contribution is 2.49. The van der Waals surface area contributed by atoms with Gasteiger partial charge in [-0.1, -0.05) is 48.9 Å². The molecule has 1 amide bonds. The number of aryl methyl sites for hydroxylation is 1. The molecule has 2 aliphatic rings. The molecule has 2 aliphatic heterocycles. The summed E-state index contributed by atoms with van der Waals surface area (Å²) in [5.41, 5.74) is 2.64. The van der Waals surface area contributed by atoms with Gasteiger partial charge >= 0.3 is 0 Å². The number of halogens is 1. The second-order valence-corrected chi connectivity index (χ2v) is 9.27. The number of anilines is 2. The van der Waals surface area contributed by atoms with Crippen molar-refractivity contribution in [2.45, 2.75) is 32.0 Å². The Morgan fingerprint density at radius 1 is 1.12 bits per heavy atom. The summed E-state index contributed by atoms with van der Waals surface area (Å²) in [6.07, 6.45) is 0.943. The Bertz CT molecular complexity index is 1210. The zero-order chi connectivity index (χ0) is 23.2. The van der Waals surface area contributed by atoms with E-state index in [0.29, 0.717) is 15.8 Å². The fourth-order valence-corrected chi connectivity index (χ4v) is 5.29. The van der Waals surface area contributed by atoms with Gasteiger partial charge in [-0.05, 0) is 73.6 Å². The van der Waals surface area contributed by atoms with Crippen LogP contribution in [0.15, 0.2) is 72.8 Å². The molecule has 5 nitrogen and oxygen atoms in total. The molecule has 33 heavy (non-hydrogen) atoms. The molecule has 1 saturated heterocycles. The van der Waals surface area contributed by atoms with Gasteiger partial charge in [0.25, 0.3) is 0 Å². The summed E-state index contributed by atoms with van der Waals surface area (Å²) in [6, 6.07) is 22.7. The third kappa shape index (κ3) is 3.73. The van der Waals surface area contributed by atoms with Crippen molar-refractivity contribution in [3.05, 3.63) is 88.9 Å². The number of nitrogens with zero attached hydrogens (tertiary/aromatic N) is 1. The standard InChI is InChI=1S/C26H24ClN3O2S/c1-3-16-8-14-19(15-9-16)30-25(33)29-23-20-6-4-5-7-21(20)32-26(30,2)22(23)24(31)28-18-12-10-17(27)11-13-18/h4-15,22-23H,3H2,1-2H3,(H,28,31)(H,29,33)/t22-,23-,26+/m0/s1. The molecule has 5 rings (SSSR count). The smallest absolute Gasteiger partial charge is 0.236 e. The van der Waals surface area contributed by atoms with Crippen molar-refractivity contribution in [3.8, 4) is 5.75 Å². The van der Waals surface area contributed by atoms with Crippen LogP contribution in [0.25, 0.3) is 0 Å². The Labute approximate surface area is 203 Å². The highest BCUT2D eigenvalue weighted by atomic mass is 35.5. The fraction of sp³-hybridized carbons (Fsp3) is 0.231. The molecule has 3 aromatic carbocycles. The number of carbonyl (C=O) groups excluding carboxylic acids is 1. The Balaban J connectivity index is 1.59. The van der Waals surface area contributed by atoms with Crippen LogP contribution in [-0.2, 0) is 11.2 Å². The van der Waals surface area contributed by atoms with Gasteiger partial charge in [0, 0.05) is 22.0 Å². The van der Waals surface area contributed by atoms with Gasteiger partial charge in [0.05, 0.1) is 6.04 Å². The van der Waals surface area contributed by atoms with Crippen LogP contribution in [0, 0.1) is 5.92 Å². The van der Waals surface area contributed by atoms with Gasteiger partial charge in [-0.15, -0.1) is 0 Å². The molecule has 0 unspecified atom stereocenters. The first-order chi connectivity index (χ1) is 15.9. The maximum Gasteiger partial charge on any atom is 0.236 e. The lowest BCUT2D eigenvalue weighted by Crippen LogP contribution is -2.72. The van der Waals surface area contributed by atoms with E-state index in [9.17, 15) is 4.79 Å². The van der Waals surface area contributed by atoms with E-state index >= 15 is 0 Å². The average molecular weight is 478 g/mol. The zero-order valence-corrected chi connectivity index (χ0v) is 19.9. The molecule has 0 saturated carbocycles. The summed E-state index contributed by atoms with van der Waals surface area (Å²) < 4.78 is 6.59. The van der Waals surface area contributed by atoms with Crippen LogP contribution in [0.4, 0.5) is 11.4 Å². The largest absolute Gasteiger partial charge is 0.467 e. The molecule has 3 aromatic rings. The number of hydrogen-bond acceptors (Lipinski definition) is 3. The lowest BCUT2D eigenvalue weighted by molar-refractivity contribution is -0.130. The van der Waals surface area contributed by atoms with Crippen LogP contribution in [0.2, 0.25) is 5.02 Å². The van der Waals surface area contributed by atoms with Crippen molar-refractivity contribution in [1.29, 1.82) is 0 Å². The molecule has 2 bridgehead atoms. The van der Waals surface area contributed by atoms with Crippen LogP contribution in [0.3, 0.4) is 0 Å². The number of para-hydroxylation sites is 1. The average Bonchev–Trinajstić information content (AvgIpc) is 2.80. The van der Waals surface area contributed by atoms with Gasteiger partial charge in [0.1, 0.15) is 11.7 Å². The Morgan fingerprint density at radius 3 is 2.52 bits per heavy atom. The van der Waals surface area contributed by atoms with Crippen LogP contribution in [-0.4, -0.2) is 16.7 Å². The lowest BCUT2D eigenvalue weighted by Gasteiger charge is -2.56. The number of nitrogens with one attached hydrogen (secondary N) is 2. The third-order valence-electron chi connectivity index (χ3n) is 6.40. The SMILES string of the molecule is CCc1ccc(N2C(=S)N[C@H]3c4ccccc4O[C@]2(C)[C@@H]3C(=O)Nc2ccc(Cl)cc2)cc1. The number of thiocarbonyl (C=S) groups is 1. The predicted molar refractivity (Wildman–Crippen MR) is 136 cm³/mol.